The summed E-state index contributed by atoms with van der Waals surface area (Å²) in [4.78, 5) is 21.0. The molecule has 1 amide bonds. The van der Waals surface area contributed by atoms with E-state index in [1.807, 2.05) is 11.8 Å². The Labute approximate surface area is 208 Å². The van der Waals surface area contributed by atoms with Crippen molar-refractivity contribution >= 4 is 27.1 Å². The van der Waals surface area contributed by atoms with Crippen molar-refractivity contribution in [1.29, 1.82) is 0 Å². The van der Waals surface area contributed by atoms with Gasteiger partial charge in [-0.05, 0) is 57.3 Å². The van der Waals surface area contributed by atoms with E-state index in [-0.39, 0.29) is 40.7 Å². The molecule has 192 valence electrons. The number of carbonyl (C=O) groups is 1. The van der Waals surface area contributed by atoms with Crippen LogP contribution in [0.5, 0.6) is 0 Å². The molecule has 34 heavy (non-hydrogen) atoms. The molecule has 3 aliphatic rings. The van der Waals surface area contributed by atoms with Gasteiger partial charge in [0.1, 0.15) is 10.8 Å². The van der Waals surface area contributed by atoms with Crippen molar-refractivity contribution in [2.45, 2.75) is 83.3 Å². The maximum absolute atomic E-state index is 13.2. The molecule has 0 spiro atoms. The van der Waals surface area contributed by atoms with Crippen molar-refractivity contribution in [3.8, 4) is 0 Å². The minimum absolute atomic E-state index is 0.00661. The second-order valence-corrected chi connectivity index (χ2v) is 15.8. The Morgan fingerprint density at radius 3 is 2.59 bits per heavy atom. The molecule has 1 aromatic heterocycles. The predicted octanol–water partition coefficient (Wildman–Crippen LogP) is 3.40. The smallest absolute Gasteiger partial charge is 0.225 e. The molecule has 1 aliphatic heterocycles. The lowest BCUT2D eigenvalue weighted by Crippen LogP contribution is -2.54. The van der Waals surface area contributed by atoms with Crippen molar-refractivity contribution in [1.82, 2.24) is 9.88 Å². The van der Waals surface area contributed by atoms with Crippen LogP contribution in [-0.2, 0) is 31.5 Å². The molecule has 1 N–H and O–H groups in total. The molecule has 0 bridgehead atoms. The van der Waals surface area contributed by atoms with Gasteiger partial charge < -0.3 is 14.7 Å². The average Bonchev–Trinajstić information content (AvgIpc) is 3.14. The number of thiazole rings is 1. The lowest BCUT2D eigenvalue weighted by Gasteiger charge is -2.53. The Kier molecular flexibility index (Phi) is 6.99. The fourth-order valence-electron chi connectivity index (χ4n) is 6.29. The highest BCUT2D eigenvalue weighted by molar-refractivity contribution is 7.92. The Morgan fingerprint density at radius 1 is 1.32 bits per heavy atom. The predicted molar refractivity (Wildman–Crippen MR) is 134 cm³/mol. The van der Waals surface area contributed by atoms with Crippen LogP contribution in [0.3, 0.4) is 0 Å². The molecule has 4 rings (SSSR count). The number of rotatable bonds is 4. The zero-order chi connectivity index (χ0) is 25.1. The van der Waals surface area contributed by atoms with Gasteiger partial charge in [-0.25, -0.2) is 13.4 Å². The summed E-state index contributed by atoms with van der Waals surface area (Å²) in [6.45, 7) is 13.9. The molecule has 1 saturated heterocycles. The minimum Gasteiger partial charge on any atom is -0.392 e. The minimum atomic E-state index is -3.31. The van der Waals surface area contributed by atoms with Crippen LogP contribution >= 0.6 is 11.3 Å². The summed E-state index contributed by atoms with van der Waals surface area (Å²) in [5.74, 6) is -0.250. The maximum atomic E-state index is 13.2. The van der Waals surface area contributed by atoms with Crippen LogP contribution in [0.2, 0.25) is 0 Å². The average molecular weight is 513 g/mol. The zero-order valence-corrected chi connectivity index (χ0v) is 23.0. The van der Waals surface area contributed by atoms with E-state index >= 15 is 0 Å². The summed E-state index contributed by atoms with van der Waals surface area (Å²) in [7, 11) is -3.31. The number of aliphatic hydroxyl groups is 1. The first-order chi connectivity index (χ1) is 15.7. The first-order valence-corrected chi connectivity index (χ1v) is 15.0. The lowest BCUT2D eigenvalue weighted by atomic mass is 9.53. The third-order valence-electron chi connectivity index (χ3n) is 8.57. The van der Waals surface area contributed by atoms with Crippen molar-refractivity contribution in [2.75, 3.05) is 26.3 Å². The van der Waals surface area contributed by atoms with Gasteiger partial charge >= 0.3 is 0 Å². The van der Waals surface area contributed by atoms with Crippen molar-refractivity contribution < 1.29 is 23.1 Å². The van der Waals surface area contributed by atoms with E-state index in [2.05, 4.69) is 13.8 Å². The summed E-state index contributed by atoms with van der Waals surface area (Å²) in [5.41, 5.74) is 0.856. The number of sulfone groups is 1. The Morgan fingerprint density at radius 2 is 1.97 bits per heavy atom. The third kappa shape index (κ3) is 4.58. The summed E-state index contributed by atoms with van der Waals surface area (Å²) in [6, 6.07) is 0. The van der Waals surface area contributed by atoms with Crippen molar-refractivity contribution in [2.24, 2.45) is 23.2 Å². The monoisotopic (exact) mass is 512 g/mol. The Balaban J connectivity index is 1.56. The van der Waals surface area contributed by atoms with Gasteiger partial charge in [-0.3, -0.25) is 4.79 Å². The van der Waals surface area contributed by atoms with Crippen LogP contribution < -0.4 is 0 Å². The second kappa shape index (κ2) is 9.12. The van der Waals surface area contributed by atoms with Crippen LogP contribution in [0.4, 0.5) is 0 Å². The number of fused-ring (bicyclic) bond motifs is 2. The highest BCUT2D eigenvalue weighted by Crippen LogP contribution is 2.57. The van der Waals surface area contributed by atoms with E-state index in [1.54, 1.807) is 20.8 Å². The van der Waals surface area contributed by atoms with Gasteiger partial charge in [0, 0.05) is 29.8 Å². The van der Waals surface area contributed by atoms with E-state index in [0.717, 1.165) is 29.8 Å². The van der Waals surface area contributed by atoms with Gasteiger partial charge in [-0.15, -0.1) is 11.3 Å². The Hall–Kier alpha value is -1.03. The quantitative estimate of drug-likeness (QED) is 0.664. The van der Waals surface area contributed by atoms with E-state index in [1.165, 1.54) is 11.3 Å². The molecule has 0 aromatic carbocycles. The largest absolute Gasteiger partial charge is 0.392 e. The number of ether oxygens (including phenoxy) is 1. The van der Waals surface area contributed by atoms with Gasteiger partial charge in [-0.1, -0.05) is 20.8 Å². The van der Waals surface area contributed by atoms with Gasteiger partial charge in [0.05, 0.1) is 29.8 Å². The van der Waals surface area contributed by atoms with E-state index < -0.39 is 20.7 Å². The fraction of sp³-hybridized carbons (Fsp3) is 0.840. The number of nitrogens with zero attached hydrogens (tertiary/aromatic N) is 2. The molecule has 9 heteroatoms. The van der Waals surface area contributed by atoms with Gasteiger partial charge in [0.2, 0.25) is 5.91 Å². The molecular weight excluding hydrogens is 472 g/mol. The van der Waals surface area contributed by atoms with Gasteiger partial charge in [-0.2, -0.15) is 0 Å². The standard InChI is InChI=1S/C25H40N2O5S2/c1-15(23(29)27-9-11-32-12-10-27)17-7-8-25(6)13-18-21(16(2)20(25)22(17)28)26-19(33-18)14-34(30,31)24(3,4)5/h15-17,20,22,28H,7-14H2,1-6H3/t15-,16+,17+,20+,22-,25+/m0/s1. The van der Waals surface area contributed by atoms with E-state index in [4.69, 9.17) is 9.72 Å². The molecule has 2 aliphatic carbocycles. The van der Waals surface area contributed by atoms with Gasteiger partial charge in [0.25, 0.3) is 0 Å². The number of morpholine rings is 1. The molecule has 1 aromatic rings. The first-order valence-electron chi connectivity index (χ1n) is 12.5. The number of carbonyl (C=O) groups excluding carboxylic acids is 1. The highest BCUT2D eigenvalue weighted by atomic mass is 32.2. The number of amides is 1. The topological polar surface area (TPSA) is 96.8 Å². The molecular formula is C25H40N2O5S2. The van der Waals surface area contributed by atoms with Gasteiger partial charge in [0.15, 0.2) is 9.84 Å². The summed E-state index contributed by atoms with van der Waals surface area (Å²) in [6.07, 6.45) is 1.97. The number of aromatic nitrogens is 1. The molecule has 7 nitrogen and oxygen atoms in total. The van der Waals surface area contributed by atoms with Crippen molar-refractivity contribution in [3.63, 3.8) is 0 Å². The highest BCUT2D eigenvalue weighted by Gasteiger charge is 2.54. The molecule has 2 heterocycles. The fourth-order valence-corrected chi connectivity index (χ4v) is 8.98. The normalized spacial score (nSPS) is 33.2. The van der Waals surface area contributed by atoms with E-state index in [0.29, 0.717) is 31.3 Å². The number of aliphatic hydroxyl groups excluding tert-OH is 1. The lowest BCUT2D eigenvalue weighted by molar-refractivity contribution is -0.148. The molecule has 1 saturated carbocycles. The zero-order valence-electron chi connectivity index (χ0n) is 21.3. The SMILES string of the molecule is C[C@H](C(=O)N1CCOCC1)[C@H]1CC[C@]2(C)Cc3sc(CS(=O)(=O)C(C)(C)C)nc3[C@H](C)[C@@H]2[C@H]1O. The summed E-state index contributed by atoms with van der Waals surface area (Å²) < 4.78 is 30.1. The third-order valence-corrected chi connectivity index (χ3v) is 12.3. The van der Waals surface area contributed by atoms with Crippen LogP contribution in [-0.4, -0.2) is 66.5 Å². The van der Waals surface area contributed by atoms with Crippen LogP contribution in [0.1, 0.15) is 75.9 Å². The summed E-state index contributed by atoms with van der Waals surface area (Å²) in [5, 5.41) is 12.3. The van der Waals surface area contributed by atoms with Crippen LogP contribution in [0.15, 0.2) is 0 Å². The molecule has 0 radical (unpaired) electrons. The second-order valence-electron chi connectivity index (χ2n) is 11.9. The van der Waals surface area contributed by atoms with Crippen LogP contribution in [0, 0.1) is 23.2 Å². The number of hydrogen-bond acceptors (Lipinski definition) is 7. The van der Waals surface area contributed by atoms with Crippen LogP contribution in [0.25, 0.3) is 0 Å². The Bertz CT molecular complexity index is 1020. The first kappa shape index (κ1) is 26.0. The number of hydrogen-bond donors (Lipinski definition) is 1. The molecule has 0 unspecified atom stereocenters. The molecule has 6 atom stereocenters. The summed E-state index contributed by atoms with van der Waals surface area (Å²) >= 11 is 1.52. The maximum Gasteiger partial charge on any atom is 0.225 e. The van der Waals surface area contributed by atoms with E-state index in [9.17, 15) is 18.3 Å². The molecule has 2 fully saturated rings. The van der Waals surface area contributed by atoms with Crippen molar-refractivity contribution in [3.05, 3.63) is 15.6 Å².